The van der Waals surface area contributed by atoms with E-state index in [2.05, 4.69) is 15.2 Å². The van der Waals surface area contributed by atoms with E-state index in [1.807, 2.05) is 44.2 Å². The summed E-state index contributed by atoms with van der Waals surface area (Å²) >= 11 is 0. The van der Waals surface area contributed by atoms with Crippen LogP contribution in [0.15, 0.2) is 30.3 Å². The summed E-state index contributed by atoms with van der Waals surface area (Å²) in [5.74, 6) is 0.0526. The minimum absolute atomic E-state index is 0.574. The normalized spacial score (nSPS) is 15.7. The van der Waals surface area contributed by atoms with E-state index in [0.717, 1.165) is 55.2 Å². The van der Waals surface area contributed by atoms with Crippen LogP contribution in [-0.4, -0.2) is 47.2 Å². The Morgan fingerprint density at radius 1 is 1.23 bits per heavy atom. The predicted molar refractivity (Wildman–Crippen MR) is 103 cm³/mol. The number of carboxylic acids is 1. The molecule has 0 aliphatic carbocycles. The van der Waals surface area contributed by atoms with Gasteiger partial charge in [0.15, 0.2) is 5.82 Å². The summed E-state index contributed by atoms with van der Waals surface area (Å²) in [6.45, 7) is 7.28. The molecule has 1 aliphatic heterocycles. The summed E-state index contributed by atoms with van der Waals surface area (Å²) in [7, 11) is 0. The maximum absolute atomic E-state index is 11.9. The highest BCUT2D eigenvalue weighted by Crippen LogP contribution is 2.34. The fourth-order valence-electron chi connectivity index (χ4n) is 3.49. The van der Waals surface area contributed by atoms with Gasteiger partial charge in [-0.25, -0.2) is 9.97 Å². The van der Waals surface area contributed by atoms with Gasteiger partial charge in [-0.3, -0.25) is 4.79 Å². The number of nitrogens with one attached hydrogen (secondary N) is 1. The molecule has 2 heterocycles. The van der Waals surface area contributed by atoms with E-state index in [1.165, 1.54) is 0 Å². The molecule has 1 aromatic heterocycles. The second kappa shape index (κ2) is 8.27. The molecule has 2 N–H and O–H groups in total. The van der Waals surface area contributed by atoms with Crippen molar-refractivity contribution in [2.75, 3.05) is 31.1 Å². The standard InChI is InChI=1S/C20H26N4O2/c1-3-7-16(20(25)26)17-14(2)22-18(15-8-5-4-6-9-15)23-19(17)24-12-10-21-11-13-24/h4-6,8-9,16,21H,3,7,10-13H2,1-2H3,(H,25,26). The van der Waals surface area contributed by atoms with E-state index in [4.69, 9.17) is 4.98 Å². The number of rotatable bonds is 6. The smallest absolute Gasteiger partial charge is 0.311 e. The van der Waals surface area contributed by atoms with Crippen molar-refractivity contribution in [3.8, 4) is 11.4 Å². The summed E-state index contributed by atoms with van der Waals surface area (Å²) < 4.78 is 0. The molecule has 1 atom stereocenters. The van der Waals surface area contributed by atoms with Gasteiger partial charge in [0.2, 0.25) is 0 Å². The van der Waals surface area contributed by atoms with Crippen LogP contribution in [0.2, 0.25) is 0 Å². The minimum Gasteiger partial charge on any atom is -0.481 e. The molecule has 1 unspecified atom stereocenters. The Morgan fingerprint density at radius 3 is 2.54 bits per heavy atom. The van der Waals surface area contributed by atoms with Gasteiger partial charge >= 0.3 is 5.97 Å². The number of nitrogens with zero attached hydrogens (tertiary/aromatic N) is 3. The lowest BCUT2D eigenvalue weighted by atomic mass is 9.93. The first-order valence-electron chi connectivity index (χ1n) is 9.24. The van der Waals surface area contributed by atoms with Crippen LogP contribution in [0.25, 0.3) is 11.4 Å². The molecule has 138 valence electrons. The molecule has 0 saturated carbocycles. The molecule has 6 nitrogen and oxygen atoms in total. The zero-order chi connectivity index (χ0) is 18.5. The van der Waals surface area contributed by atoms with Gasteiger partial charge in [-0.2, -0.15) is 0 Å². The third-order valence-corrected chi connectivity index (χ3v) is 4.79. The predicted octanol–water partition coefficient (Wildman–Crippen LogP) is 2.83. The lowest BCUT2D eigenvalue weighted by Crippen LogP contribution is -2.44. The van der Waals surface area contributed by atoms with Gasteiger partial charge in [-0.05, 0) is 13.3 Å². The van der Waals surface area contributed by atoms with Crippen LogP contribution in [0.1, 0.15) is 36.9 Å². The number of carbonyl (C=O) groups is 1. The first-order valence-corrected chi connectivity index (χ1v) is 9.24. The number of benzene rings is 1. The van der Waals surface area contributed by atoms with Crippen LogP contribution < -0.4 is 10.2 Å². The summed E-state index contributed by atoms with van der Waals surface area (Å²) in [5.41, 5.74) is 2.47. The van der Waals surface area contributed by atoms with Gasteiger partial charge in [0.25, 0.3) is 0 Å². The van der Waals surface area contributed by atoms with Crippen molar-refractivity contribution < 1.29 is 9.90 Å². The number of carboxylic acid groups (broad SMARTS) is 1. The topological polar surface area (TPSA) is 78.3 Å². The number of piperazine rings is 1. The van der Waals surface area contributed by atoms with E-state index in [-0.39, 0.29) is 0 Å². The Balaban J connectivity index is 2.14. The van der Waals surface area contributed by atoms with Crippen LogP contribution >= 0.6 is 0 Å². The molecule has 0 radical (unpaired) electrons. The van der Waals surface area contributed by atoms with E-state index >= 15 is 0 Å². The first kappa shape index (κ1) is 18.3. The summed E-state index contributed by atoms with van der Waals surface area (Å²) in [4.78, 5) is 23.6. The Hall–Kier alpha value is -2.47. The van der Waals surface area contributed by atoms with E-state index < -0.39 is 11.9 Å². The highest BCUT2D eigenvalue weighted by molar-refractivity contribution is 5.79. The van der Waals surface area contributed by atoms with Crippen molar-refractivity contribution in [3.05, 3.63) is 41.6 Å². The number of aliphatic carboxylic acids is 1. The van der Waals surface area contributed by atoms with Crippen molar-refractivity contribution in [1.82, 2.24) is 15.3 Å². The SMILES string of the molecule is CCCC(C(=O)O)c1c(C)nc(-c2ccccc2)nc1N1CCNCC1. The lowest BCUT2D eigenvalue weighted by molar-refractivity contribution is -0.139. The average Bonchev–Trinajstić information content (AvgIpc) is 2.67. The van der Waals surface area contributed by atoms with Gasteiger partial charge < -0.3 is 15.3 Å². The maximum atomic E-state index is 11.9. The average molecular weight is 354 g/mol. The molecule has 1 aliphatic rings. The second-order valence-electron chi connectivity index (χ2n) is 6.65. The van der Waals surface area contributed by atoms with Crippen molar-refractivity contribution >= 4 is 11.8 Å². The van der Waals surface area contributed by atoms with Crippen molar-refractivity contribution in [1.29, 1.82) is 0 Å². The molecular formula is C20H26N4O2. The Kier molecular flexibility index (Phi) is 5.83. The number of hydrogen-bond acceptors (Lipinski definition) is 5. The van der Waals surface area contributed by atoms with E-state index in [9.17, 15) is 9.90 Å². The second-order valence-corrected chi connectivity index (χ2v) is 6.65. The van der Waals surface area contributed by atoms with Crippen molar-refractivity contribution in [3.63, 3.8) is 0 Å². The molecule has 6 heteroatoms. The van der Waals surface area contributed by atoms with Gasteiger partial charge in [0, 0.05) is 43.0 Å². The molecule has 2 aromatic rings. The molecule has 3 rings (SSSR count). The van der Waals surface area contributed by atoms with Crippen LogP contribution in [-0.2, 0) is 4.79 Å². The zero-order valence-corrected chi connectivity index (χ0v) is 15.4. The number of aryl methyl sites for hydroxylation is 1. The molecule has 1 saturated heterocycles. The third-order valence-electron chi connectivity index (χ3n) is 4.79. The first-order chi connectivity index (χ1) is 12.6. The Bertz CT molecular complexity index is 758. The molecule has 1 fully saturated rings. The van der Waals surface area contributed by atoms with Crippen molar-refractivity contribution in [2.24, 2.45) is 0 Å². The number of aromatic nitrogens is 2. The van der Waals surface area contributed by atoms with Gasteiger partial charge in [-0.1, -0.05) is 43.7 Å². The Labute approximate surface area is 154 Å². The van der Waals surface area contributed by atoms with Crippen LogP contribution in [0.3, 0.4) is 0 Å². The third kappa shape index (κ3) is 3.85. The van der Waals surface area contributed by atoms with Gasteiger partial charge in [0.05, 0.1) is 5.92 Å². The van der Waals surface area contributed by atoms with Crippen LogP contribution in [0, 0.1) is 6.92 Å². The van der Waals surface area contributed by atoms with Crippen molar-refractivity contribution in [2.45, 2.75) is 32.6 Å². The monoisotopic (exact) mass is 354 g/mol. The number of hydrogen-bond donors (Lipinski definition) is 2. The molecule has 0 bridgehead atoms. The molecule has 1 aromatic carbocycles. The maximum Gasteiger partial charge on any atom is 0.311 e. The van der Waals surface area contributed by atoms with Crippen LogP contribution in [0.4, 0.5) is 5.82 Å². The summed E-state index contributed by atoms with van der Waals surface area (Å²) in [5, 5.41) is 13.1. The Morgan fingerprint density at radius 2 is 1.92 bits per heavy atom. The quantitative estimate of drug-likeness (QED) is 0.830. The highest BCUT2D eigenvalue weighted by Gasteiger charge is 2.29. The van der Waals surface area contributed by atoms with Crippen LogP contribution in [0.5, 0.6) is 0 Å². The molecule has 0 spiro atoms. The van der Waals surface area contributed by atoms with Gasteiger partial charge in [-0.15, -0.1) is 0 Å². The molecule has 26 heavy (non-hydrogen) atoms. The van der Waals surface area contributed by atoms with E-state index in [1.54, 1.807) is 0 Å². The fourth-order valence-corrected chi connectivity index (χ4v) is 3.49. The van der Waals surface area contributed by atoms with Gasteiger partial charge in [0.1, 0.15) is 5.82 Å². The lowest BCUT2D eigenvalue weighted by Gasteiger charge is -2.32. The van der Waals surface area contributed by atoms with E-state index in [0.29, 0.717) is 12.2 Å². The highest BCUT2D eigenvalue weighted by atomic mass is 16.4. The fraction of sp³-hybridized carbons (Fsp3) is 0.450. The summed E-state index contributed by atoms with van der Waals surface area (Å²) in [6, 6.07) is 9.85. The molecular weight excluding hydrogens is 328 g/mol. The summed E-state index contributed by atoms with van der Waals surface area (Å²) in [6.07, 6.45) is 1.39. The zero-order valence-electron chi connectivity index (χ0n) is 15.4. The number of anilines is 1. The minimum atomic E-state index is -0.803. The molecule has 0 amide bonds. The largest absolute Gasteiger partial charge is 0.481 e.